The van der Waals surface area contributed by atoms with Gasteiger partial charge in [-0.3, -0.25) is 4.79 Å². The molecule has 0 radical (unpaired) electrons. The third-order valence-electron chi connectivity index (χ3n) is 4.07. The summed E-state index contributed by atoms with van der Waals surface area (Å²) in [7, 11) is 0. The van der Waals surface area contributed by atoms with Crippen LogP contribution in [-0.4, -0.2) is 22.5 Å². The highest BCUT2D eigenvalue weighted by atomic mass is 16.4. The number of rotatable bonds is 3. The third kappa shape index (κ3) is 2.00. The van der Waals surface area contributed by atoms with Gasteiger partial charge in [-0.2, -0.15) is 0 Å². The van der Waals surface area contributed by atoms with Crippen LogP contribution in [0.25, 0.3) is 0 Å². The zero-order chi connectivity index (χ0) is 13.5. The summed E-state index contributed by atoms with van der Waals surface area (Å²) in [6.07, 6.45) is 1.88. The predicted octanol–water partition coefficient (Wildman–Crippen LogP) is 1.03. The van der Waals surface area contributed by atoms with Crippen LogP contribution in [0.2, 0.25) is 0 Å². The minimum absolute atomic E-state index is 0.295. The van der Waals surface area contributed by atoms with E-state index in [4.69, 9.17) is 0 Å². The van der Waals surface area contributed by atoms with Gasteiger partial charge in [0, 0.05) is 18.7 Å². The summed E-state index contributed by atoms with van der Waals surface area (Å²) in [4.78, 5) is 23.4. The summed E-state index contributed by atoms with van der Waals surface area (Å²) < 4.78 is 0. The molecule has 0 bridgehead atoms. The van der Waals surface area contributed by atoms with E-state index in [9.17, 15) is 14.7 Å². The molecule has 5 heteroatoms. The number of fused-ring (bicyclic) bond motifs is 1. The molecule has 0 atom stereocenters. The minimum atomic E-state index is -1.05. The lowest BCUT2D eigenvalue weighted by molar-refractivity contribution is -0.148. The lowest BCUT2D eigenvalue weighted by Crippen LogP contribution is -2.59. The average molecular weight is 260 g/mol. The minimum Gasteiger partial charge on any atom is -0.480 e. The number of carbonyl (C=O) groups is 2. The lowest BCUT2D eigenvalue weighted by Gasteiger charge is -2.38. The van der Waals surface area contributed by atoms with Crippen LogP contribution in [0, 0.1) is 0 Å². The van der Waals surface area contributed by atoms with Crippen molar-refractivity contribution in [2.24, 2.45) is 0 Å². The van der Waals surface area contributed by atoms with Crippen LogP contribution in [0.4, 0.5) is 0 Å². The fourth-order valence-electron chi connectivity index (χ4n) is 2.65. The van der Waals surface area contributed by atoms with Gasteiger partial charge in [0.25, 0.3) is 5.91 Å². The van der Waals surface area contributed by atoms with Gasteiger partial charge in [-0.15, -0.1) is 0 Å². The van der Waals surface area contributed by atoms with E-state index in [2.05, 4.69) is 10.6 Å². The number of carbonyl (C=O) groups excluding carboxylic acids is 1. The molecular weight excluding hydrogens is 244 g/mol. The molecule has 2 aliphatic rings. The van der Waals surface area contributed by atoms with Gasteiger partial charge in [-0.05, 0) is 42.5 Å². The highest BCUT2D eigenvalue weighted by Crippen LogP contribution is 2.32. The first kappa shape index (κ1) is 12.2. The lowest BCUT2D eigenvalue weighted by atomic mass is 9.76. The maximum Gasteiger partial charge on any atom is 0.329 e. The normalized spacial score (nSPS) is 19.4. The number of hydrogen-bond donors (Lipinski definition) is 3. The van der Waals surface area contributed by atoms with E-state index in [0.29, 0.717) is 18.4 Å². The summed E-state index contributed by atoms with van der Waals surface area (Å²) in [6.45, 7) is 1.59. The van der Waals surface area contributed by atoms with Crippen molar-refractivity contribution in [1.29, 1.82) is 0 Å². The first-order valence-corrected chi connectivity index (χ1v) is 6.49. The average Bonchev–Trinajstić information content (AvgIpc) is 2.79. The van der Waals surface area contributed by atoms with Gasteiger partial charge in [0.2, 0.25) is 0 Å². The second-order valence-electron chi connectivity index (χ2n) is 5.28. The first-order chi connectivity index (χ1) is 9.11. The Morgan fingerprint density at radius 2 is 1.95 bits per heavy atom. The Kier molecular flexibility index (Phi) is 2.78. The van der Waals surface area contributed by atoms with Crippen molar-refractivity contribution in [2.75, 3.05) is 0 Å². The predicted molar refractivity (Wildman–Crippen MR) is 68.7 cm³/mol. The SMILES string of the molecule is O=C(NC1(C(=O)O)CCC1)c1ccc2c(c1)CNC2. The summed E-state index contributed by atoms with van der Waals surface area (Å²) in [5, 5.41) is 15.1. The monoisotopic (exact) mass is 260 g/mol. The molecular formula is C14H16N2O3. The van der Waals surface area contributed by atoms with Crippen molar-refractivity contribution in [3.63, 3.8) is 0 Å². The van der Waals surface area contributed by atoms with Crippen molar-refractivity contribution >= 4 is 11.9 Å². The van der Waals surface area contributed by atoms with Crippen molar-refractivity contribution in [3.8, 4) is 0 Å². The van der Waals surface area contributed by atoms with Crippen LogP contribution >= 0.6 is 0 Å². The van der Waals surface area contributed by atoms with Gasteiger partial charge < -0.3 is 15.7 Å². The molecule has 1 aliphatic heterocycles. The van der Waals surface area contributed by atoms with Crippen LogP contribution in [0.5, 0.6) is 0 Å². The van der Waals surface area contributed by atoms with Crippen LogP contribution < -0.4 is 10.6 Å². The number of carboxylic acid groups (broad SMARTS) is 1. The van der Waals surface area contributed by atoms with Crippen molar-refractivity contribution < 1.29 is 14.7 Å². The molecule has 0 spiro atoms. The number of carboxylic acids is 1. The fraction of sp³-hybridized carbons (Fsp3) is 0.429. The maximum atomic E-state index is 12.2. The third-order valence-corrected chi connectivity index (χ3v) is 4.07. The van der Waals surface area contributed by atoms with Crippen LogP contribution in [0.15, 0.2) is 18.2 Å². The molecule has 0 saturated heterocycles. The molecule has 3 N–H and O–H groups in total. The molecule has 1 fully saturated rings. The number of nitrogens with one attached hydrogen (secondary N) is 2. The van der Waals surface area contributed by atoms with Crippen LogP contribution in [-0.2, 0) is 17.9 Å². The zero-order valence-electron chi connectivity index (χ0n) is 10.5. The fourth-order valence-corrected chi connectivity index (χ4v) is 2.65. The molecule has 19 heavy (non-hydrogen) atoms. The molecule has 0 unspecified atom stereocenters. The molecule has 1 saturated carbocycles. The van der Waals surface area contributed by atoms with Crippen molar-refractivity contribution in [3.05, 3.63) is 34.9 Å². The summed E-state index contributed by atoms with van der Waals surface area (Å²) in [5.74, 6) is -1.23. The quantitative estimate of drug-likeness (QED) is 0.758. The van der Waals surface area contributed by atoms with E-state index in [1.54, 1.807) is 6.07 Å². The van der Waals surface area contributed by atoms with Gasteiger partial charge in [0.05, 0.1) is 0 Å². The molecule has 1 aromatic carbocycles. The van der Waals surface area contributed by atoms with E-state index in [1.807, 2.05) is 12.1 Å². The van der Waals surface area contributed by atoms with Crippen molar-refractivity contribution in [2.45, 2.75) is 37.9 Å². The molecule has 1 amide bonds. The second-order valence-corrected chi connectivity index (χ2v) is 5.28. The molecule has 1 aliphatic carbocycles. The Morgan fingerprint density at radius 1 is 1.21 bits per heavy atom. The molecule has 0 aromatic heterocycles. The van der Waals surface area contributed by atoms with E-state index >= 15 is 0 Å². The highest BCUT2D eigenvalue weighted by Gasteiger charge is 2.45. The van der Waals surface area contributed by atoms with E-state index in [-0.39, 0.29) is 5.91 Å². The zero-order valence-corrected chi connectivity index (χ0v) is 10.5. The Bertz CT molecular complexity index is 550. The molecule has 3 rings (SSSR count). The van der Waals surface area contributed by atoms with Gasteiger partial charge in [-0.1, -0.05) is 6.07 Å². The summed E-state index contributed by atoms with van der Waals surface area (Å²) in [5.41, 5.74) is 1.81. The Balaban J connectivity index is 1.79. The van der Waals surface area contributed by atoms with Gasteiger partial charge >= 0.3 is 5.97 Å². The first-order valence-electron chi connectivity index (χ1n) is 6.49. The maximum absolute atomic E-state index is 12.2. The van der Waals surface area contributed by atoms with Crippen molar-refractivity contribution in [1.82, 2.24) is 10.6 Å². The van der Waals surface area contributed by atoms with Crippen LogP contribution in [0.3, 0.4) is 0 Å². The van der Waals surface area contributed by atoms with E-state index < -0.39 is 11.5 Å². The number of benzene rings is 1. The van der Waals surface area contributed by atoms with E-state index in [0.717, 1.165) is 25.1 Å². The second kappa shape index (κ2) is 4.35. The topological polar surface area (TPSA) is 78.4 Å². The number of hydrogen-bond acceptors (Lipinski definition) is 3. The Labute approximate surface area is 111 Å². The molecule has 1 aromatic rings. The number of amides is 1. The standard InChI is InChI=1S/C14H16N2O3/c17-12(16-14(13(18)19)4-1-5-14)9-2-3-10-7-15-8-11(10)6-9/h2-3,6,15H,1,4-5,7-8H2,(H,16,17)(H,18,19). The Hall–Kier alpha value is -1.88. The molecule has 5 nitrogen and oxygen atoms in total. The van der Waals surface area contributed by atoms with Gasteiger partial charge in [0.1, 0.15) is 5.54 Å². The summed E-state index contributed by atoms with van der Waals surface area (Å²) in [6, 6.07) is 5.53. The largest absolute Gasteiger partial charge is 0.480 e. The van der Waals surface area contributed by atoms with Gasteiger partial charge in [-0.25, -0.2) is 4.79 Å². The highest BCUT2D eigenvalue weighted by molar-refractivity contribution is 5.98. The van der Waals surface area contributed by atoms with Gasteiger partial charge in [0.15, 0.2) is 0 Å². The van der Waals surface area contributed by atoms with Crippen LogP contribution in [0.1, 0.15) is 40.7 Å². The Morgan fingerprint density at radius 3 is 2.58 bits per heavy atom. The molecule has 1 heterocycles. The van der Waals surface area contributed by atoms with E-state index in [1.165, 1.54) is 5.56 Å². The number of aliphatic carboxylic acids is 1. The smallest absolute Gasteiger partial charge is 0.329 e. The summed E-state index contributed by atoms with van der Waals surface area (Å²) >= 11 is 0. The molecule has 100 valence electrons.